The first-order valence-electron chi connectivity index (χ1n) is 3.97. The van der Waals surface area contributed by atoms with Crippen LogP contribution in [-0.4, -0.2) is 24.8 Å². The Balaban J connectivity index is 2.99. The highest BCUT2D eigenvalue weighted by Crippen LogP contribution is 2.21. The van der Waals surface area contributed by atoms with E-state index in [0.717, 1.165) is 10.4 Å². The predicted octanol–water partition coefficient (Wildman–Crippen LogP) is 1.19. The molecule has 4 heteroatoms. The fraction of sp³-hybridized carbons (Fsp3) is 0.300. The van der Waals surface area contributed by atoms with E-state index in [9.17, 15) is 4.79 Å². The number of carbonyl (C=O) groups excluding carboxylic acids is 1. The molecule has 14 heavy (non-hydrogen) atoms. The van der Waals surface area contributed by atoms with Gasteiger partial charge in [0.05, 0.1) is 12.0 Å². The Morgan fingerprint density at radius 1 is 1.71 bits per heavy atom. The predicted molar refractivity (Wildman–Crippen MR) is 54.4 cm³/mol. The van der Waals surface area contributed by atoms with Crippen molar-refractivity contribution in [1.82, 2.24) is 0 Å². The van der Waals surface area contributed by atoms with Crippen LogP contribution < -0.4 is 0 Å². The van der Waals surface area contributed by atoms with Crippen molar-refractivity contribution in [2.24, 2.45) is 0 Å². The molecule has 0 amide bonds. The van der Waals surface area contributed by atoms with Gasteiger partial charge in [0, 0.05) is 0 Å². The van der Waals surface area contributed by atoms with E-state index >= 15 is 0 Å². The van der Waals surface area contributed by atoms with Gasteiger partial charge in [-0.2, -0.15) is 0 Å². The van der Waals surface area contributed by atoms with Crippen LogP contribution in [0.5, 0.6) is 0 Å². The molecule has 0 bridgehead atoms. The smallest absolute Gasteiger partial charge is 0.348 e. The minimum absolute atomic E-state index is 0.176. The van der Waals surface area contributed by atoms with Gasteiger partial charge in [-0.1, -0.05) is 11.8 Å². The number of methoxy groups -OCH3 is 1. The first kappa shape index (κ1) is 10.8. The molecule has 1 aromatic heterocycles. The lowest BCUT2D eigenvalue weighted by molar-refractivity contribution is 0.0606. The molecule has 0 aliphatic carbocycles. The molecule has 0 aromatic carbocycles. The number of thiophene rings is 1. The van der Waals surface area contributed by atoms with Crippen molar-refractivity contribution < 1.29 is 14.6 Å². The normalized spacial score (nSPS) is 9.07. The van der Waals surface area contributed by atoms with Crippen LogP contribution in [0.1, 0.15) is 20.1 Å². The number of aliphatic hydroxyl groups excluding tert-OH is 1. The van der Waals surface area contributed by atoms with Crippen molar-refractivity contribution in [1.29, 1.82) is 0 Å². The molecule has 0 aliphatic rings. The first-order valence-corrected chi connectivity index (χ1v) is 4.79. The van der Waals surface area contributed by atoms with Gasteiger partial charge in [-0.3, -0.25) is 0 Å². The molecule has 3 nitrogen and oxygen atoms in total. The fourth-order valence-corrected chi connectivity index (χ4v) is 1.89. The quantitative estimate of drug-likeness (QED) is 0.559. The summed E-state index contributed by atoms with van der Waals surface area (Å²) in [6, 6.07) is 1.73. The Kier molecular flexibility index (Phi) is 3.69. The van der Waals surface area contributed by atoms with E-state index in [-0.39, 0.29) is 12.6 Å². The number of rotatable bonds is 1. The Morgan fingerprint density at radius 3 is 3.00 bits per heavy atom. The summed E-state index contributed by atoms with van der Waals surface area (Å²) in [5.74, 6) is 4.96. The Labute approximate surface area is 86.3 Å². The summed E-state index contributed by atoms with van der Waals surface area (Å²) >= 11 is 1.27. The van der Waals surface area contributed by atoms with Gasteiger partial charge in [-0.15, -0.1) is 11.3 Å². The van der Waals surface area contributed by atoms with Gasteiger partial charge in [-0.05, 0) is 18.6 Å². The second-order valence-corrected chi connectivity index (χ2v) is 3.63. The average molecular weight is 210 g/mol. The molecule has 0 radical (unpaired) electrons. The van der Waals surface area contributed by atoms with Crippen molar-refractivity contribution in [2.45, 2.75) is 6.92 Å². The zero-order valence-corrected chi connectivity index (χ0v) is 8.77. The third-order valence-electron chi connectivity index (χ3n) is 1.59. The van der Waals surface area contributed by atoms with Crippen LogP contribution in [0, 0.1) is 18.8 Å². The van der Waals surface area contributed by atoms with E-state index in [1.807, 2.05) is 6.92 Å². The van der Waals surface area contributed by atoms with Crippen molar-refractivity contribution in [3.8, 4) is 11.8 Å². The molecule has 1 rings (SSSR count). The molecule has 0 aliphatic heterocycles. The number of esters is 1. The summed E-state index contributed by atoms with van der Waals surface area (Å²) < 4.78 is 4.58. The van der Waals surface area contributed by atoms with Crippen LogP contribution in [0.4, 0.5) is 0 Å². The first-order chi connectivity index (χ1) is 6.69. The van der Waals surface area contributed by atoms with Gasteiger partial charge in [0.1, 0.15) is 11.5 Å². The molecule has 1 aromatic rings. The zero-order chi connectivity index (χ0) is 10.6. The zero-order valence-electron chi connectivity index (χ0n) is 7.96. The Hall–Kier alpha value is -1.31. The number of hydrogen-bond donors (Lipinski definition) is 1. The molecule has 74 valence electrons. The van der Waals surface area contributed by atoms with Gasteiger partial charge < -0.3 is 9.84 Å². The lowest BCUT2D eigenvalue weighted by atomic mass is 10.2. The van der Waals surface area contributed by atoms with Crippen molar-refractivity contribution in [3.63, 3.8) is 0 Å². The van der Waals surface area contributed by atoms with E-state index < -0.39 is 0 Å². The molecular formula is C10H10O3S. The highest BCUT2D eigenvalue weighted by atomic mass is 32.1. The van der Waals surface area contributed by atoms with Gasteiger partial charge in [0.15, 0.2) is 0 Å². The number of aryl methyl sites for hydroxylation is 1. The van der Waals surface area contributed by atoms with Crippen LogP contribution in [0.25, 0.3) is 0 Å². The minimum Gasteiger partial charge on any atom is -0.465 e. The van der Waals surface area contributed by atoms with E-state index in [4.69, 9.17) is 5.11 Å². The lowest BCUT2D eigenvalue weighted by Gasteiger charge is -1.90. The van der Waals surface area contributed by atoms with E-state index in [2.05, 4.69) is 16.6 Å². The van der Waals surface area contributed by atoms with Crippen LogP contribution in [-0.2, 0) is 4.74 Å². The standard InChI is InChI=1S/C10H10O3S/c1-7-6-9(10(12)13-2)14-8(7)4-3-5-11/h6,11H,5H2,1-2H3. The second-order valence-electron chi connectivity index (χ2n) is 2.57. The highest BCUT2D eigenvalue weighted by molar-refractivity contribution is 7.14. The highest BCUT2D eigenvalue weighted by Gasteiger charge is 2.10. The summed E-state index contributed by atoms with van der Waals surface area (Å²) in [4.78, 5) is 12.5. The maximum Gasteiger partial charge on any atom is 0.348 e. The third kappa shape index (κ3) is 2.34. The van der Waals surface area contributed by atoms with Gasteiger partial charge >= 0.3 is 5.97 Å². The number of ether oxygens (including phenoxy) is 1. The van der Waals surface area contributed by atoms with Gasteiger partial charge in [-0.25, -0.2) is 4.79 Å². The lowest BCUT2D eigenvalue weighted by Crippen LogP contribution is -1.96. The molecule has 0 atom stereocenters. The molecule has 0 fully saturated rings. The van der Waals surface area contributed by atoms with Crippen molar-refractivity contribution in [2.75, 3.05) is 13.7 Å². The monoisotopic (exact) mass is 210 g/mol. The molecular weight excluding hydrogens is 200 g/mol. The number of carbonyl (C=O) groups is 1. The number of hydrogen-bond acceptors (Lipinski definition) is 4. The van der Waals surface area contributed by atoms with Crippen LogP contribution in [0.3, 0.4) is 0 Å². The largest absolute Gasteiger partial charge is 0.465 e. The summed E-state index contributed by atoms with van der Waals surface area (Å²) in [5, 5.41) is 8.52. The molecule has 0 spiro atoms. The summed E-state index contributed by atoms with van der Waals surface area (Å²) in [6.07, 6.45) is 0. The maximum absolute atomic E-state index is 11.1. The fourth-order valence-electron chi connectivity index (χ4n) is 0.927. The SMILES string of the molecule is COC(=O)c1cc(C)c(C#CCO)s1. The average Bonchev–Trinajstić information content (AvgIpc) is 2.56. The molecule has 0 saturated heterocycles. The van der Waals surface area contributed by atoms with E-state index in [1.165, 1.54) is 18.4 Å². The molecule has 0 unspecified atom stereocenters. The second kappa shape index (κ2) is 4.80. The third-order valence-corrected chi connectivity index (χ3v) is 2.72. The van der Waals surface area contributed by atoms with Gasteiger partial charge in [0.25, 0.3) is 0 Å². The van der Waals surface area contributed by atoms with E-state index in [0.29, 0.717) is 4.88 Å². The van der Waals surface area contributed by atoms with E-state index in [1.54, 1.807) is 6.07 Å². The summed E-state index contributed by atoms with van der Waals surface area (Å²) in [5.41, 5.74) is 0.927. The topological polar surface area (TPSA) is 46.5 Å². The molecule has 1 heterocycles. The van der Waals surface area contributed by atoms with Crippen molar-refractivity contribution >= 4 is 17.3 Å². The van der Waals surface area contributed by atoms with Crippen LogP contribution in [0.15, 0.2) is 6.07 Å². The minimum atomic E-state index is -0.352. The Morgan fingerprint density at radius 2 is 2.43 bits per heavy atom. The number of aliphatic hydroxyl groups is 1. The van der Waals surface area contributed by atoms with Crippen LogP contribution >= 0.6 is 11.3 Å². The molecule has 0 saturated carbocycles. The summed E-state index contributed by atoms with van der Waals surface area (Å²) in [7, 11) is 1.34. The van der Waals surface area contributed by atoms with Gasteiger partial charge in [0.2, 0.25) is 0 Å². The Bertz CT molecular complexity index is 395. The van der Waals surface area contributed by atoms with Crippen LogP contribution in [0.2, 0.25) is 0 Å². The molecule has 1 N–H and O–H groups in total. The summed E-state index contributed by atoms with van der Waals surface area (Å²) in [6.45, 7) is 1.69. The van der Waals surface area contributed by atoms with Crippen molar-refractivity contribution in [3.05, 3.63) is 21.4 Å². The maximum atomic E-state index is 11.1.